The Morgan fingerprint density at radius 2 is 2.00 bits per heavy atom. The number of piperidine rings is 1. The number of carbonyl (C=O) groups is 2. The summed E-state index contributed by atoms with van der Waals surface area (Å²) in [7, 11) is 3.94. The molecule has 1 saturated heterocycles. The molecule has 1 rings (SSSR count). The van der Waals surface area contributed by atoms with E-state index in [-0.39, 0.29) is 12.1 Å². The fraction of sp³-hybridized carbons (Fsp3) is 0.857. The van der Waals surface area contributed by atoms with Crippen LogP contribution < -0.4 is 0 Å². The van der Waals surface area contributed by atoms with Gasteiger partial charge in [0.05, 0.1) is 0 Å². The topological polar surface area (TPSA) is 64.1 Å². The largest absolute Gasteiger partial charge is 0.480 e. The predicted octanol–water partition coefficient (Wildman–Crippen LogP) is 1.32. The van der Waals surface area contributed by atoms with Gasteiger partial charge in [-0.1, -0.05) is 0 Å². The molecule has 0 radical (unpaired) electrons. The smallest absolute Gasteiger partial charge is 0.326 e. The molecule has 20 heavy (non-hydrogen) atoms. The van der Waals surface area contributed by atoms with Gasteiger partial charge in [0.25, 0.3) is 0 Å². The molecule has 2 amide bonds. The van der Waals surface area contributed by atoms with Crippen molar-refractivity contribution in [2.75, 3.05) is 33.7 Å². The monoisotopic (exact) mass is 285 g/mol. The summed E-state index contributed by atoms with van der Waals surface area (Å²) in [6, 6.07) is -0.746. The molecular formula is C14H27N3O3. The summed E-state index contributed by atoms with van der Waals surface area (Å²) in [6.45, 7) is 5.84. The predicted molar refractivity (Wildman–Crippen MR) is 77.8 cm³/mol. The van der Waals surface area contributed by atoms with Gasteiger partial charge < -0.3 is 19.8 Å². The van der Waals surface area contributed by atoms with E-state index in [1.807, 2.05) is 32.8 Å². The van der Waals surface area contributed by atoms with Gasteiger partial charge in [0.1, 0.15) is 6.04 Å². The van der Waals surface area contributed by atoms with Crippen molar-refractivity contribution in [1.29, 1.82) is 0 Å². The van der Waals surface area contributed by atoms with E-state index in [0.717, 1.165) is 19.4 Å². The highest BCUT2D eigenvalue weighted by molar-refractivity contribution is 5.83. The van der Waals surface area contributed by atoms with Crippen LogP contribution in [0.25, 0.3) is 0 Å². The number of carboxylic acids is 1. The van der Waals surface area contributed by atoms with E-state index in [9.17, 15) is 14.7 Å². The maximum atomic E-state index is 12.6. The summed E-state index contributed by atoms with van der Waals surface area (Å²) in [5, 5.41) is 9.28. The van der Waals surface area contributed by atoms with Gasteiger partial charge in [-0.3, -0.25) is 0 Å². The summed E-state index contributed by atoms with van der Waals surface area (Å²) in [5.74, 6) is -0.894. The third kappa shape index (κ3) is 4.10. The molecule has 6 nitrogen and oxygen atoms in total. The summed E-state index contributed by atoms with van der Waals surface area (Å²) < 4.78 is 0. The first-order chi connectivity index (χ1) is 9.38. The van der Waals surface area contributed by atoms with Gasteiger partial charge in [-0.25, -0.2) is 9.59 Å². The van der Waals surface area contributed by atoms with E-state index < -0.39 is 12.0 Å². The molecule has 0 spiro atoms. The Labute approximate surface area is 121 Å². The SMILES string of the molecule is CCN(C(=O)N1CCCCC1C(=O)O)C(C)CN(C)C. The van der Waals surface area contributed by atoms with Crippen molar-refractivity contribution in [1.82, 2.24) is 14.7 Å². The first-order valence-corrected chi connectivity index (χ1v) is 7.33. The molecule has 0 aliphatic carbocycles. The summed E-state index contributed by atoms with van der Waals surface area (Å²) in [6.07, 6.45) is 2.32. The van der Waals surface area contributed by atoms with E-state index in [2.05, 4.69) is 0 Å². The van der Waals surface area contributed by atoms with Crippen LogP contribution in [-0.4, -0.2) is 77.6 Å². The first-order valence-electron chi connectivity index (χ1n) is 7.33. The molecule has 0 aromatic heterocycles. The molecule has 6 heteroatoms. The van der Waals surface area contributed by atoms with Crippen LogP contribution >= 0.6 is 0 Å². The normalized spacial score (nSPS) is 20.9. The van der Waals surface area contributed by atoms with Crippen LogP contribution in [0.15, 0.2) is 0 Å². The number of aliphatic carboxylic acids is 1. The second kappa shape index (κ2) is 7.47. The summed E-state index contributed by atoms with van der Waals surface area (Å²) in [4.78, 5) is 29.3. The van der Waals surface area contributed by atoms with Crippen molar-refractivity contribution in [3.05, 3.63) is 0 Å². The zero-order chi connectivity index (χ0) is 15.3. The van der Waals surface area contributed by atoms with Gasteiger partial charge in [-0.15, -0.1) is 0 Å². The van der Waals surface area contributed by atoms with E-state index in [0.29, 0.717) is 19.5 Å². The van der Waals surface area contributed by atoms with Crippen LogP contribution in [0.1, 0.15) is 33.1 Å². The van der Waals surface area contributed by atoms with Gasteiger partial charge >= 0.3 is 12.0 Å². The third-order valence-corrected chi connectivity index (χ3v) is 3.78. The molecule has 1 aliphatic heterocycles. The van der Waals surface area contributed by atoms with Crippen molar-refractivity contribution >= 4 is 12.0 Å². The minimum absolute atomic E-state index is 0.0684. The van der Waals surface area contributed by atoms with Crippen molar-refractivity contribution in [2.45, 2.75) is 45.2 Å². The van der Waals surface area contributed by atoms with E-state index in [1.54, 1.807) is 4.90 Å². The van der Waals surface area contributed by atoms with Gasteiger partial charge in [0.2, 0.25) is 0 Å². The highest BCUT2D eigenvalue weighted by Gasteiger charge is 2.35. The second-order valence-electron chi connectivity index (χ2n) is 5.72. The van der Waals surface area contributed by atoms with Crippen LogP contribution in [0, 0.1) is 0 Å². The number of urea groups is 1. The van der Waals surface area contributed by atoms with Gasteiger partial charge in [-0.2, -0.15) is 0 Å². The fourth-order valence-electron chi connectivity index (χ4n) is 2.84. The number of likely N-dealkylation sites (tertiary alicyclic amines) is 1. The minimum Gasteiger partial charge on any atom is -0.480 e. The molecule has 1 heterocycles. The Balaban J connectivity index is 2.80. The molecule has 2 unspecified atom stereocenters. The van der Waals surface area contributed by atoms with Crippen LogP contribution in [-0.2, 0) is 4.79 Å². The van der Waals surface area contributed by atoms with E-state index in [4.69, 9.17) is 0 Å². The summed E-state index contributed by atoms with van der Waals surface area (Å²) >= 11 is 0. The zero-order valence-corrected chi connectivity index (χ0v) is 13.0. The van der Waals surface area contributed by atoms with Crippen LogP contribution in [0.4, 0.5) is 4.79 Å². The maximum Gasteiger partial charge on any atom is 0.326 e. The molecule has 0 saturated carbocycles. The second-order valence-corrected chi connectivity index (χ2v) is 5.72. The van der Waals surface area contributed by atoms with Crippen LogP contribution in [0.2, 0.25) is 0 Å². The lowest BCUT2D eigenvalue weighted by Crippen LogP contribution is -2.56. The van der Waals surface area contributed by atoms with E-state index >= 15 is 0 Å². The molecule has 0 aromatic carbocycles. The average Bonchev–Trinajstić information content (AvgIpc) is 2.38. The number of carbonyl (C=O) groups excluding carboxylic acids is 1. The van der Waals surface area contributed by atoms with Crippen molar-refractivity contribution in [3.63, 3.8) is 0 Å². The van der Waals surface area contributed by atoms with Gasteiger partial charge in [0, 0.05) is 25.7 Å². The Kier molecular flexibility index (Phi) is 6.26. The number of rotatable bonds is 5. The molecule has 2 atom stereocenters. The number of hydrogen-bond donors (Lipinski definition) is 1. The Hall–Kier alpha value is -1.30. The molecule has 1 fully saturated rings. The van der Waals surface area contributed by atoms with E-state index in [1.165, 1.54) is 4.90 Å². The lowest BCUT2D eigenvalue weighted by Gasteiger charge is -2.39. The third-order valence-electron chi connectivity index (χ3n) is 3.78. The maximum absolute atomic E-state index is 12.6. The molecule has 1 aliphatic rings. The number of nitrogens with zero attached hydrogens (tertiary/aromatic N) is 3. The number of carboxylic acid groups (broad SMARTS) is 1. The number of hydrogen-bond acceptors (Lipinski definition) is 3. The number of amides is 2. The standard InChI is InChI=1S/C14H27N3O3/c1-5-16(11(2)10-15(3)4)14(20)17-9-7-6-8-12(17)13(18)19/h11-12H,5-10H2,1-4H3,(H,18,19). The fourth-order valence-corrected chi connectivity index (χ4v) is 2.84. The molecule has 0 bridgehead atoms. The average molecular weight is 285 g/mol. The van der Waals surface area contributed by atoms with Gasteiger partial charge in [0.15, 0.2) is 0 Å². The lowest BCUT2D eigenvalue weighted by molar-refractivity contribution is -0.143. The lowest BCUT2D eigenvalue weighted by atomic mass is 10.0. The highest BCUT2D eigenvalue weighted by Crippen LogP contribution is 2.20. The Morgan fingerprint density at radius 1 is 1.35 bits per heavy atom. The summed E-state index contributed by atoms with van der Waals surface area (Å²) in [5.41, 5.74) is 0. The van der Waals surface area contributed by atoms with Crippen molar-refractivity contribution < 1.29 is 14.7 Å². The molecule has 116 valence electrons. The first kappa shape index (κ1) is 16.8. The van der Waals surface area contributed by atoms with Crippen molar-refractivity contribution in [2.24, 2.45) is 0 Å². The van der Waals surface area contributed by atoms with Crippen molar-refractivity contribution in [3.8, 4) is 0 Å². The quantitative estimate of drug-likeness (QED) is 0.827. The highest BCUT2D eigenvalue weighted by atomic mass is 16.4. The Bertz CT molecular complexity index is 347. The molecule has 0 aromatic rings. The minimum atomic E-state index is -0.894. The van der Waals surface area contributed by atoms with Gasteiger partial charge in [-0.05, 0) is 47.2 Å². The van der Waals surface area contributed by atoms with Crippen LogP contribution in [0.5, 0.6) is 0 Å². The molecular weight excluding hydrogens is 258 g/mol. The molecule has 1 N–H and O–H groups in total. The zero-order valence-electron chi connectivity index (χ0n) is 13.0. The number of likely N-dealkylation sites (N-methyl/N-ethyl adjacent to an activating group) is 2. The Morgan fingerprint density at radius 3 is 2.50 bits per heavy atom. The van der Waals surface area contributed by atoms with Crippen LogP contribution in [0.3, 0.4) is 0 Å².